The molecular formula is C28H24N2O5. The van der Waals surface area contributed by atoms with Gasteiger partial charge in [-0.15, -0.1) is 0 Å². The zero-order chi connectivity index (χ0) is 24.4. The molecule has 5 rings (SSSR count). The molecule has 7 nitrogen and oxygen atoms in total. The maximum atomic E-state index is 13.6. The van der Waals surface area contributed by atoms with Gasteiger partial charge in [-0.3, -0.25) is 9.69 Å². The Hall–Kier alpha value is -4.52. The fraction of sp³-hybridized carbons (Fsp3) is 0.143. The number of para-hydroxylation sites is 3. The van der Waals surface area contributed by atoms with Crippen molar-refractivity contribution in [2.24, 2.45) is 0 Å². The molecule has 1 atom stereocenters. The summed E-state index contributed by atoms with van der Waals surface area (Å²) in [6.07, 6.45) is -0.596. The molecule has 176 valence electrons. The number of benzene rings is 3. The van der Waals surface area contributed by atoms with Crippen molar-refractivity contribution in [2.45, 2.75) is 13.1 Å². The highest BCUT2D eigenvalue weighted by atomic mass is 16.5. The molecule has 1 amide bonds. The number of anilines is 2. The number of carbonyl (C=O) groups is 2. The van der Waals surface area contributed by atoms with Crippen LogP contribution in [0.3, 0.4) is 0 Å². The Bertz CT molecular complexity index is 1380. The van der Waals surface area contributed by atoms with Crippen LogP contribution >= 0.6 is 0 Å². The summed E-state index contributed by atoms with van der Waals surface area (Å²) >= 11 is 0. The van der Waals surface area contributed by atoms with Crippen molar-refractivity contribution in [2.75, 3.05) is 23.9 Å². The van der Waals surface area contributed by atoms with Crippen molar-refractivity contribution in [3.05, 3.63) is 102 Å². The molecule has 0 saturated carbocycles. The Labute approximate surface area is 202 Å². The molecule has 0 aliphatic carbocycles. The van der Waals surface area contributed by atoms with Gasteiger partial charge in [0.1, 0.15) is 17.3 Å². The molecule has 1 aliphatic heterocycles. The first kappa shape index (κ1) is 22.3. The number of nitrogens with zero attached hydrogens (tertiary/aromatic N) is 1. The highest BCUT2D eigenvalue weighted by molar-refractivity contribution is 6.12. The van der Waals surface area contributed by atoms with Crippen molar-refractivity contribution in [1.82, 2.24) is 0 Å². The van der Waals surface area contributed by atoms with E-state index in [1.165, 1.54) is 0 Å². The van der Waals surface area contributed by atoms with Gasteiger partial charge in [-0.05, 0) is 55.5 Å². The Morgan fingerprint density at radius 1 is 0.971 bits per heavy atom. The van der Waals surface area contributed by atoms with Crippen LogP contribution in [0.25, 0.3) is 11.3 Å². The fourth-order valence-corrected chi connectivity index (χ4v) is 4.17. The van der Waals surface area contributed by atoms with E-state index in [4.69, 9.17) is 13.9 Å². The molecule has 0 bridgehead atoms. The van der Waals surface area contributed by atoms with E-state index in [2.05, 4.69) is 5.32 Å². The lowest BCUT2D eigenvalue weighted by Gasteiger charge is -2.37. The molecule has 35 heavy (non-hydrogen) atoms. The number of hydrogen-bond acceptors (Lipinski definition) is 6. The van der Waals surface area contributed by atoms with Crippen molar-refractivity contribution in [3.8, 4) is 17.1 Å². The SMILES string of the molecule is CCOC(=O)c1ccc(-c2ccc([C@@H]3Nc4ccccc4C(=O)N3c3ccccc3OC)o2)cc1. The summed E-state index contributed by atoms with van der Waals surface area (Å²) in [6.45, 7) is 2.09. The summed E-state index contributed by atoms with van der Waals surface area (Å²) in [4.78, 5) is 27.2. The van der Waals surface area contributed by atoms with Crippen LogP contribution in [-0.2, 0) is 4.74 Å². The maximum absolute atomic E-state index is 13.6. The van der Waals surface area contributed by atoms with Crippen LogP contribution in [0.1, 0.15) is 39.6 Å². The molecule has 0 radical (unpaired) electrons. The average molecular weight is 469 g/mol. The minimum absolute atomic E-state index is 0.161. The third-order valence-corrected chi connectivity index (χ3v) is 5.85. The van der Waals surface area contributed by atoms with Gasteiger partial charge >= 0.3 is 5.97 Å². The zero-order valence-corrected chi connectivity index (χ0v) is 19.4. The second kappa shape index (κ2) is 9.38. The number of rotatable bonds is 6. The predicted molar refractivity (Wildman–Crippen MR) is 133 cm³/mol. The molecule has 2 heterocycles. The van der Waals surface area contributed by atoms with E-state index in [1.54, 1.807) is 37.1 Å². The minimum Gasteiger partial charge on any atom is -0.495 e. The van der Waals surface area contributed by atoms with Gasteiger partial charge in [0.2, 0.25) is 0 Å². The highest BCUT2D eigenvalue weighted by Gasteiger charge is 2.37. The van der Waals surface area contributed by atoms with Crippen LogP contribution in [0.5, 0.6) is 5.75 Å². The van der Waals surface area contributed by atoms with Crippen LogP contribution in [0.15, 0.2) is 89.3 Å². The van der Waals surface area contributed by atoms with Gasteiger partial charge in [0.25, 0.3) is 5.91 Å². The van der Waals surface area contributed by atoms with Gasteiger partial charge in [0, 0.05) is 11.3 Å². The second-order valence-corrected chi connectivity index (χ2v) is 7.94. The topological polar surface area (TPSA) is 81.0 Å². The lowest BCUT2D eigenvalue weighted by atomic mass is 10.1. The molecule has 1 aromatic heterocycles. The molecule has 3 aromatic carbocycles. The van der Waals surface area contributed by atoms with E-state index in [0.717, 1.165) is 11.3 Å². The lowest BCUT2D eigenvalue weighted by Crippen LogP contribution is -2.43. The van der Waals surface area contributed by atoms with Gasteiger partial charge in [-0.25, -0.2) is 4.79 Å². The number of ether oxygens (including phenoxy) is 2. The van der Waals surface area contributed by atoms with Crippen LogP contribution in [0, 0.1) is 0 Å². The van der Waals surface area contributed by atoms with E-state index in [1.807, 2.05) is 66.7 Å². The highest BCUT2D eigenvalue weighted by Crippen LogP contribution is 2.41. The number of amides is 1. The van der Waals surface area contributed by atoms with Gasteiger partial charge in [0.15, 0.2) is 6.17 Å². The van der Waals surface area contributed by atoms with Gasteiger partial charge < -0.3 is 19.2 Å². The quantitative estimate of drug-likeness (QED) is 0.355. The fourth-order valence-electron chi connectivity index (χ4n) is 4.17. The van der Waals surface area contributed by atoms with Crippen LogP contribution in [0.4, 0.5) is 11.4 Å². The summed E-state index contributed by atoms with van der Waals surface area (Å²) in [5, 5.41) is 3.44. The average Bonchev–Trinajstić information content (AvgIpc) is 3.39. The molecule has 1 aliphatic rings. The predicted octanol–water partition coefficient (Wildman–Crippen LogP) is 5.90. The normalized spacial score (nSPS) is 14.7. The number of furan rings is 1. The number of nitrogens with one attached hydrogen (secondary N) is 1. The number of hydrogen-bond donors (Lipinski definition) is 1. The van der Waals surface area contributed by atoms with Crippen LogP contribution in [0.2, 0.25) is 0 Å². The van der Waals surface area contributed by atoms with Gasteiger partial charge in [-0.2, -0.15) is 0 Å². The van der Waals surface area contributed by atoms with E-state index < -0.39 is 6.17 Å². The molecule has 0 unspecified atom stereocenters. The smallest absolute Gasteiger partial charge is 0.338 e. The minimum atomic E-state index is -0.596. The second-order valence-electron chi connectivity index (χ2n) is 7.94. The number of fused-ring (bicyclic) bond motifs is 1. The lowest BCUT2D eigenvalue weighted by molar-refractivity contribution is 0.0526. The summed E-state index contributed by atoms with van der Waals surface area (Å²) in [7, 11) is 1.58. The molecular weight excluding hydrogens is 444 g/mol. The molecule has 0 spiro atoms. The molecule has 7 heteroatoms. The largest absolute Gasteiger partial charge is 0.495 e. The summed E-state index contributed by atoms with van der Waals surface area (Å²) in [6, 6.07) is 25.5. The number of esters is 1. The Balaban J connectivity index is 1.53. The van der Waals surface area contributed by atoms with E-state index in [9.17, 15) is 9.59 Å². The summed E-state index contributed by atoms with van der Waals surface area (Å²) in [5.74, 6) is 1.22. The standard InChI is InChI=1S/C28H24N2O5/c1-3-34-28(32)19-14-12-18(13-15-19)23-16-17-25(35-23)26-29-21-9-5-4-8-20(21)27(31)30(26)22-10-6-7-11-24(22)33-2/h4-17,26,29H,3H2,1-2H3/t26-/m1/s1. The van der Waals surface area contributed by atoms with Crippen molar-refractivity contribution in [1.29, 1.82) is 0 Å². The zero-order valence-electron chi connectivity index (χ0n) is 19.4. The van der Waals surface area contributed by atoms with E-state index >= 15 is 0 Å². The molecule has 0 saturated heterocycles. The third-order valence-electron chi connectivity index (χ3n) is 5.85. The Kier molecular flexibility index (Phi) is 5.97. The third kappa shape index (κ3) is 4.12. The first-order valence-electron chi connectivity index (χ1n) is 11.3. The Morgan fingerprint density at radius 2 is 1.71 bits per heavy atom. The number of carbonyl (C=O) groups excluding carboxylic acids is 2. The van der Waals surface area contributed by atoms with Crippen molar-refractivity contribution in [3.63, 3.8) is 0 Å². The first-order chi connectivity index (χ1) is 17.1. The maximum Gasteiger partial charge on any atom is 0.338 e. The number of methoxy groups -OCH3 is 1. The van der Waals surface area contributed by atoms with Gasteiger partial charge in [0.05, 0.1) is 30.5 Å². The summed E-state index contributed by atoms with van der Waals surface area (Å²) < 4.78 is 16.8. The monoisotopic (exact) mass is 468 g/mol. The first-order valence-corrected chi connectivity index (χ1v) is 11.3. The van der Waals surface area contributed by atoms with E-state index in [0.29, 0.717) is 40.7 Å². The molecule has 1 N–H and O–H groups in total. The Morgan fingerprint density at radius 3 is 2.49 bits per heavy atom. The van der Waals surface area contributed by atoms with E-state index in [-0.39, 0.29) is 11.9 Å². The summed E-state index contributed by atoms with van der Waals surface area (Å²) in [5.41, 5.74) is 3.20. The molecule has 0 fully saturated rings. The van der Waals surface area contributed by atoms with Crippen molar-refractivity contribution < 1.29 is 23.5 Å². The van der Waals surface area contributed by atoms with Crippen molar-refractivity contribution >= 4 is 23.3 Å². The van der Waals surface area contributed by atoms with Crippen LogP contribution < -0.4 is 15.0 Å². The van der Waals surface area contributed by atoms with Gasteiger partial charge in [-0.1, -0.05) is 36.4 Å². The molecule has 4 aromatic rings. The van der Waals surface area contributed by atoms with Crippen LogP contribution in [-0.4, -0.2) is 25.6 Å².